The van der Waals surface area contributed by atoms with Crippen molar-refractivity contribution in [2.75, 3.05) is 0 Å². The highest BCUT2D eigenvalue weighted by Crippen LogP contribution is 2.47. The fourth-order valence-electron chi connectivity index (χ4n) is 2.94. The number of hydrogen-bond donors (Lipinski definition) is 3. The molecule has 19 heavy (non-hydrogen) atoms. The summed E-state index contributed by atoms with van der Waals surface area (Å²) in [7, 11) is -2.62. The largest absolute Gasteiger partial charge is 0.328 e. The van der Waals surface area contributed by atoms with E-state index < -0.39 is 8.60 Å². The summed E-state index contributed by atoms with van der Waals surface area (Å²) in [6.45, 7) is 14.0. The minimum atomic E-state index is -2.62. The third-order valence-corrected chi connectivity index (χ3v) is 2.86. The Morgan fingerprint density at radius 1 is 0.789 bits per heavy atom. The standard InChI is InChI=1S/C15H24.H3O3P/c1-14(2,3)13(15(4,5)6)12-10-8-7-9-11-12;1-4(2)3/h7-11,13H,1-6H3;1-3H. The Kier molecular flexibility index (Phi) is 7.17. The van der Waals surface area contributed by atoms with Crippen LogP contribution in [0.25, 0.3) is 0 Å². The molecule has 0 aliphatic rings. The first kappa shape index (κ1) is 18.5. The molecule has 0 saturated heterocycles. The topological polar surface area (TPSA) is 60.7 Å². The second-order valence-electron chi connectivity index (χ2n) is 6.84. The molecule has 0 spiro atoms. The number of hydrogen-bond acceptors (Lipinski definition) is 3. The van der Waals surface area contributed by atoms with Gasteiger partial charge in [0, 0.05) is 0 Å². The maximum Gasteiger partial charge on any atom is 0.324 e. The Labute approximate surface area is 118 Å². The summed E-state index contributed by atoms with van der Waals surface area (Å²) >= 11 is 0. The molecule has 1 aromatic carbocycles. The quantitative estimate of drug-likeness (QED) is 0.682. The van der Waals surface area contributed by atoms with Gasteiger partial charge in [-0.3, -0.25) is 0 Å². The second-order valence-corrected chi connectivity index (χ2v) is 7.38. The van der Waals surface area contributed by atoms with Crippen molar-refractivity contribution in [1.29, 1.82) is 0 Å². The molecule has 0 bridgehead atoms. The van der Waals surface area contributed by atoms with E-state index in [0.29, 0.717) is 16.7 Å². The lowest BCUT2D eigenvalue weighted by Crippen LogP contribution is -2.30. The first-order chi connectivity index (χ1) is 8.46. The summed E-state index contributed by atoms with van der Waals surface area (Å²) in [5.41, 5.74) is 2.07. The van der Waals surface area contributed by atoms with Crippen LogP contribution in [0.15, 0.2) is 30.3 Å². The minimum Gasteiger partial charge on any atom is -0.328 e. The molecule has 0 aliphatic heterocycles. The van der Waals surface area contributed by atoms with E-state index in [1.807, 2.05) is 0 Å². The van der Waals surface area contributed by atoms with E-state index in [0.717, 1.165) is 0 Å². The monoisotopic (exact) mass is 286 g/mol. The maximum atomic E-state index is 7.23. The average Bonchev–Trinajstić information content (AvgIpc) is 2.13. The van der Waals surface area contributed by atoms with Gasteiger partial charge in [0.15, 0.2) is 0 Å². The van der Waals surface area contributed by atoms with E-state index in [1.165, 1.54) is 5.56 Å². The van der Waals surface area contributed by atoms with Gasteiger partial charge < -0.3 is 14.7 Å². The van der Waals surface area contributed by atoms with Gasteiger partial charge in [0.05, 0.1) is 0 Å². The van der Waals surface area contributed by atoms with Crippen molar-refractivity contribution in [3.8, 4) is 0 Å². The maximum absolute atomic E-state index is 7.23. The summed E-state index contributed by atoms with van der Waals surface area (Å²) < 4.78 is 0. The van der Waals surface area contributed by atoms with Gasteiger partial charge in [0.2, 0.25) is 0 Å². The molecule has 0 atom stereocenters. The molecule has 3 nitrogen and oxygen atoms in total. The predicted octanol–water partition coefficient (Wildman–Crippen LogP) is 4.05. The van der Waals surface area contributed by atoms with E-state index in [-0.39, 0.29) is 0 Å². The summed E-state index contributed by atoms with van der Waals surface area (Å²) in [4.78, 5) is 21.7. The van der Waals surface area contributed by atoms with Crippen LogP contribution < -0.4 is 0 Å². The zero-order chi connectivity index (χ0) is 15.3. The van der Waals surface area contributed by atoms with Crippen LogP contribution in [0.3, 0.4) is 0 Å². The van der Waals surface area contributed by atoms with Gasteiger partial charge in [0.1, 0.15) is 0 Å². The van der Waals surface area contributed by atoms with E-state index in [9.17, 15) is 0 Å². The third-order valence-electron chi connectivity index (χ3n) is 2.86. The summed E-state index contributed by atoms with van der Waals surface area (Å²) in [6.07, 6.45) is 0. The summed E-state index contributed by atoms with van der Waals surface area (Å²) in [5.74, 6) is 0.589. The van der Waals surface area contributed by atoms with Gasteiger partial charge in [0.25, 0.3) is 0 Å². The molecule has 0 radical (unpaired) electrons. The van der Waals surface area contributed by atoms with E-state index in [4.69, 9.17) is 14.7 Å². The lowest BCUT2D eigenvalue weighted by atomic mass is 9.64. The summed E-state index contributed by atoms with van der Waals surface area (Å²) in [6, 6.07) is 10.9. The first-order valence-electron chi connectivity index (χ1n) is 6.38. The van der Waals surface area contributed by atoms with Crippen molar-refractivity contribution < 1.29 is 14.7 Å². The normalized spacial score (nSPS) is 12.4. The van der Waals surface area contributed by atoms with Crippen LogP contribution >= 0.6 is 8.60 Å². The zero-order valence-electron chi connectivity index (χ0n) is 12.8. The van der Waals surface area contributed by atoms with Crippen LogP contribution in [-0.2, 0) is 0 Å². The molecule has 0 aromatic heterocycles. The Hall–Kier alpha value is -0.470. The van der Waals surface area contributed by atoms with Crippen molar-refractivity contribution in [3.05, 3.63) is 35.9 Å². The SMILES string of the molecule is CC(C)(C)C(c1ccccc1)C(C)(C)C.OP(O)O. The van der Waals surface area contributed by atoms with Gasteiger partial charge in [-0.1, -0.05) is 71.9 Å². The Bertz CT molecular complexity index is 333. The molecular formula is C15H27O3P. The Morgan fingerprint density at radius 3 is 1.37 bits per heavy atom. The highest BCUT2D eigenvalue weighted by atomic mass is 31.2. The van der Waals surface area contributed by atoms with Crippen molar-refractivity contribution >= 4 is 8.60 Å². The van der Waals surface area contributed by atoms with Crippen LogP contribution in [0.4, 0.5) is 0 Å². The van der Waals surface area contributed by atoms with Gasteiger partial charge >= 0.3 is 8.60 Å². The van der Waals surface area contributed by atoms with Crippen LogP contribution in [-0.4, -0.2) is 14.7 Å². The van der Waals surface area contributed by atoms with Gasteiger partial charge in [-0.2, -0.15) is 0 Å². The van der Waals surface area contributed by atoms with Crippen LogP contribution in [0, 0.1) is 10.8 Å². The first-order valence-corrected chi connectivity index (χ1v) is 7.58. The minimum absolute atomic E-state index is 0.305. The molecule has 4 heteroatoms. The van der Waals surface area contributed by atoms with Crippen LogP contribution in [0.2, 0.25) is 0 Å². The van der Waals surface area contributed by atoms with E-state index in [1.54, 1.807) is 0 Å². The highest BCUT2D eigenvalue weighted by molar-refractivity contribution is 7.38. The fraction of sp³-hybridized carbons (Fsp3) is 0.600. The van der Waals surface area contributed by atoms with E-state index in [2.05, 4.69) is 71.9 Å². The predicted molar refractivity (Wildman–Crippen MR) is 81.7 cm³/mol. The average molecular weight is 286 g/mol. The highest BCUT2D eigenvalue weighted by Gasteiger charge is 2.35. The molecule has 0 fully saturated rings. The molecule has 0 aliphatic carbocycles. The van der Waals surface area contributed by atoms with Crippen molar-refractivity contribution in [2.24, 2.45) is 10.8 Å². The molecular weight excluding hydrogens is 259 g/mol. The molecule has 1 aromatic rings. The zero-order valence-corrected chi connectivity index (χ0v) is 13.6. The van der Waals surface area contributed by atoms with Crippen molar-refractivity contribution in [3.63, 3.8) is 0 Å². The lowest BCUT2D eigenvalue weighted by Gasteiger charge is -2.41. The van der Waals surface area contributed by atoms with Gasteiger partial charge in [-0.25, -0.2) is 0 Å². The molecule has 3 N–H and O–H groups in total. The van der Waals surface area contributed by atoms with Crippen LogP contribution in [0.5, 0.6) is 0 Å². The molecule has 1 rings (SSSR count). The van der Waals surface area contributed by atoms with Crippen molar-refractivity contribution in [1.82, 2.24) is 0 Å². The molecule has 110 valence electrons. The number of benzene rings is 1. The van der Waals surface area contributed by atoms with Crippen LogP contribution in [0.1, 0.15) is 53.0 Å². The lowest BCUT2D eigenvalue weighted by molar-refractivity contribution is 0.176. The smallest absolute Gasteiger partial charge is 0.324 e. The third kappa shape index (κ3) is 7.64. The summed E-state index contributed by atoms with van der Waals surface area (Å²) in [5, 5.41) is 0. The Morgan fingerprint density at radius 2 is 1.11 bits per heavy atom. The molecule has 0 unspecified atom stereocenters. The molecule has 0 amide bonds. The Balaban J connectivity index is 0.000000711. The van der Waals surface area contributed by atoms with Gasteiger partial charge in [-0.05, 0) is 22.3 Å². The van der Waals surface area contributed by atoms with E-state index >= 15 is 0 Å². The van der Waals surface area contributed by atoms with Gasteiger partial charge in [-0.15, -0.1) is 0 Å². The molecule has 0 heterocycles. The number of rotatable bonds is 1. The fourth-order valence-corrected chi connectivity index (χ4v) is 2.94. The molecule has 0 saturated carbocycles. The second kappa shape index (κ2) is 7.35. The van der Waals surface area contributed by atoms with Crippen molar-refractivity contribution in [2.45, 2.75) is 47.5 Å².